The maximum absolute atomic E-state index is 10.1. The van der Waals surface area contributed by atoms with Gasteiger partial charge in [0.2, 0.25) is 0 Å². The topological polar surface area (TPSA) is 30.0 Å². The fourth-order valence-electron chi connectivity index (χ4n) is 0.934. The van der Waals surface area contributed by atoms with Crippen LogP contribution in [0.15, 0.2) is 11.7 Å². The molecule has 1 rings (SSSR count). The van der Waals surface area contributed by atoms with Crippen LogP contribution in [-0.4, -0.2) is 11.3 Å². The van der Waals surface area contributed by atoms with Crippen molar-refractivity contribution in [3.8, 4) is 0 Å². The van der Waals surface area contributed by atoms with Gasteiger partial charge in [0.25, 0.3) is 0 Å². The Hall–Kier alpha value is -0.700. The van der Waals surface area contributed by atoms with E-state index in [0.717, 1.165) is 12.7 Å². The molecule has 0 radical (unpaired) electrons. The Labute approximate surface area is 70.3 Å². The van der Waals surface area contributed by atoms with E-state index in [2.05, 4.69) is 11.9 Å². The summed E-state index contributed by atoms with van der Waals surface area (Å²) in [5.41, 5.74) is 1.82. The van der Waals surface area contributed by atoms with Crippen LogP contribution in [0.2, 0.25) is 0 Å². The predicted molar refractivity (Wildman–Crippen MR) is 45.7 cm³/mol. The Kier molecular flexibility index (Phi) is 3.23. The van der Waals surface area contributed by atoms with Crippen molar-refractivity contribution in [2.45, 2.75) is 19.8 Å². The molecule has 0 bridgehead atoms. The summed E-state index contributed by atoms with van der Waals surface area (Å²) in [7, 11) is 0. The summed E-state index contributed by atoms with van der Waals surface area (Å²) in [4.78, 5) is 15.4. The lowest BCUT2D eigenvalue weighted by atomic mass is 10.0. The summed E-state index contributed by atoms with van der Waals surface area (Å²) in [5, 5.41) is 0. The normalized spacial score (nSPS) is 12.8. The number of carbonyl (C=O) groups excluding carboxylic acids is 1. The summed E-state index contributed by atoms with van der Waals surface area (Å²) in [6, 6.07) is 0. The molecule has 2 nitrogen and oxygen atoms in total. The molecule has 0 aliphatic carbocycles. The first-order chi connectivity index (χ1) is 5.33. The maximum Gasteiger partial charge on any atom is 0.120 e. The number of rotatable bonds is 4. The monoisotopic (exact) mass is 169 g/mol. The van der Waals surface area contributed by atoms with Gasteiger partial charge in [0.15, 0.2) is 0 Å². The highest BCUT2D eigenvalue weighted by atomic mass is 32.1. The lowest BCUT2D eigenvalue weighted by molar-refractivity contribution is -0.108. The van der Waals surface area contributed by atoms with Gasteiger partial charge in [-0.15, -0.1) is 11.3 Å². The van der Waals surface area contributed by atoms with E-state index < -0.39 is 0 Å². The number of hydrogen-bond acceptors (Lipinski definition) is 3. The minimum absolute atomic E-state index is 0.452. The molecule has 1 atom stereocenters. The summed E-state index contributed by atoms with van der Waals surface area (Å²) in [6.45, 7) is 2.08. The fraction of sp³-hybridized carbons (Fsp3) is 0.500. The van der Waals surface area contributed by atoms with Gasteiger partial charge >= 0.3 is 0 Å². The smallest absolute Gasteiger partial charge is 0.120 e. The van der Waals surface area contributed by atoms with Gasteiger partial charge in [-0.05, 0) is 12.3 Å². The highest BCUT2D eigenvalue weighted by Crippen LogP contribution is 2.13. The zero-order chi connectivity index (χ0) is 8.10. The van der Waals surface area contributed by atoms with E-state index in [1.807, 2.05) is 11.7 Å². The van der Waals surface area contributed by atoms with E-state index in [1.54, 1.807) is 11.3 Å². The minimum atomic E-state index is 0.452. The Morgan fingerprint density at radius 1 is 1.82 bits per heavy atom. The van der Waals surface area contributed by atoms with Crippen molar-refractivity contribution in [2.24, 2.45) is 5.92 Å². The Balaban J connectivity index is 2.37. The molecule has 1 aromatic heterocycles. The Bertz CT molecular complexity index is 208. The Morgan fingerprint density at radius 3 is 3.18 bits per heavy atom. The molecule has 0 saturated carbocycles. The molecule has 0 saturated heterocycles. The standard InChI is InChI=1S/C8H11NOS/c1-7(2-3-10)4-8-5-9-6-11-8/h3,5-7H,2,4H2,1H3. The van der Waals surface area contributed by atoms with Crippen LogP contribution in [-0.2, 0) is 11.2 Å². The van der Waals surface area contributed by atoms with E-state index >= 15 is 0 Å². The van der Waals surface area contributed by atoms with Crippen molar-refractivity contribution in [1.29, 1.82) is 0 Å². The quantitative estimate of drug-likeness (QED) is 0.644. The zero-order valence-corrected chi connectivity index (χ0v) is 7.30. The second-order valence-corrected chi connectivity index (χ2v) is 3.65. The maximum atomic E-state index is 10.1. The molecule has 0 spiro atoms. The van der Waals surface area contributed by atoms with E-state index in [4.69, 9.17) is 0 Å². The molecule has 3 heteroatoms. The van der Waals surface area contributed by atoms with Crippen LogP contribution in [0, 0.1) is 5.92 Å². The molecule has 1 heterocycles. The van der Waals surface area contributed by atoms with Gasteiger partial charge in [-0.2, -0.15) is 0 Å². The second kappa shape index (κ2) is 4.23. The van der Waals surface area contributed by atoms with Gasteiger partial charge in [0.05, 0.1) is 5.51 Å². The fourth-order valence-corrected chi connectivity index (χ4v) is 1.69. The third-order valence-electron chi connectivity index (χ3n) is 1.53. The van der Waals surface area contributed by atoms with E-state index in [-0.39, 0.29) is 0 Å². The summed E-state index contributed by atoms with van der Waals surface area (Å²) >= 11 is 1.65. The molecule has 0 aliphatic heterocycles. The van der Waals surface area contributed by atoms with Crippen LogP contribution in [0.4, 0.5) is 0 Å². The molecule has 0 fully saturated rings. The highest BCUT2D eigenvalue weighted by Gasteiger charge is 2.03. The van der Waals surface area contributed by atoms with Gasteiger partial charge in [-0.25, -0.2) is 0 Å². The zero-order valence-electron chi connectivity index (χ0n) is 6.49. The predicted octanol–water partition coefficient (Wildman–Crippen LogP) is 1.91. The molecule has 1 aromatic rings. The number of carbonyl (C=O) groups is 1. The van der Waals surface area contributed by atoms with E-state index in [0.29, 0.717) is 12.3 Å². The molecule has 0 aromatic carbocycles. The summed E-state index contributed by atoms with van der Waals surface area (Å²) < 4.78 is 0. The molecule has 60 valence electrons. The summed E-state index contributed by atoms with van der Waals surface area (Å²) in [6.07, 6.45) is 4.47. The van der Waals surface area contributed by atoms with Crippen molar-refractivity contribution >= 4 is 17.6 Å². The first-order valence-corrected chi connectivity index (χ1v) is 4.52. The first-order valence-electron chi connectivity index (χ1n) is 3.64. The lowest BCUT2D eigenvalue weighted by Gasteiger charge is -2.02. The average Bonchev–Trinajstić information content (AvgIpc) is 2.40. The first kappa shape index (κ1) is 8.40. The van der Waals surface area contributed by atoms with Crippen LogP contribution in [0.25, 0.3) is 0 Å². The van der Waals surface area contributed by atoms with Crippen molar-refractivity contribution in [3.05, 3.63) is 16.6 Å². The van der Waals surface area contributed by atoms with Gasteiger partial charge in [-0.1, -0.05) is 6.92 Å². The van der Waals surface area contributed by atoms with Crippen LogP contribution < -0.4 is 0 Å². The van der Waals surface area contributed by atoms with Crippen molar-refractivity contribution < 1.29 is 4.79 Å². The average molecular weight is 169 g/mol. The van der Waals surface area contributed by atoms with Crippen LogP contribution in [0.5, 0.6) is 0 Å². The number of thiazole rings is 1. The largest absolute Gasteiger partial charge is 0.303 e. The van der Waals surface area contributed by atoms with Gasteiger partial charge in [0.1, 0.15) is 6.29 Å². The number of nitrogens with zero attached hydrogens (tertiary/aromatic N) is 1. The summed E-state index contributed by atoms with van der Waals surface area (Å²) in [5.74, 6) is 0.452. The number of aromatic nitrogens is 1. The van der Waals surface area contributed by atoms with Gasteiger partial charge in [-0.3, -0.25) is 4.98 Å². The van der Waals surface area contributed by atoms with Gasteiger partial charge < -0.3 is 4.79 Å². The molecular weight excluding hydrogens is 158 g/mol. The van der Waals surface area contributed by atoms with Crippen LogP contribution in [0.1, 0.15) is 18.2 Å². The number of aldehydes is 1. The Morgan fingerprint density at radius 2 is 2.64 bits per heavy atom. The minimum Gasteiger partial charge on any atom is -0.303 e. The molecule has 11 heavy (non-hydrogen) atoms. The molecule has 0 N–H and O–H groups in total. The highest BCUT2D eigenvalue weighted by molar-refractivity contribution is 7.09. The third kappa shape index (κ3) is 2.80. The van der Waals surface area contributed by atoms with E-state index in [9.17, 15) is 4.79 Å². The molecule has 0 aliphatic rings. The van der Waals surface area contributed by atoms with Crippen molar-refractivity contribution in [1.82, 2.24) is 4.98 Å². The second-order valence-electron chi connectivity index (χ2n) is 2.68. The molecule has 1 unspecified atom stereocenters. The molecular formula is C8H11NOS. The van der Waals surface area contributed by atoms with Crippen LogP contribution >= 0.6 is 11.3 Å². The van der Waals surface area contributed by atoms with Crippen molar-refractivity contribution in [2.75, 3.05) is 0 Å². The van der Waals surface area contributed by atoms with Crippen molar-refractivity contribution in [3.63, 3.8) is 0 Å². The molecule has 0 amide bonds. The third-order valence-corrected chi connectivity index (χ3v) is 2.33. The lowest BCUT2D eigenvalue weighted by Crippen LogP contribution is -1.98. The van der Waals surface area contributed by atoms with Gasteiger partial charge in [0, 0.05) is 17.5 Å². The number of hydrogen-bond donors (Lipinski definition) is 0. The SMILES string of the molecule is CC(CC=O)Cc1cncs1. The van der Waals surface area contributed by atoms with E-state index in [1.165, 1.54) is 4.88 Å². The van der Waals surface area contributed by atoms with Crippen LogP contribution in [0.3, 0.4) is 0 Å².